The standard InChI is InChI=1S/C11H13ClO3/c1-8(7-14-2)15-11(13)9-4-3-5-10(12)6-9/h3-6,8H,7H2,1-2H3. The summed E-state index contributed by atoms with van der Waals surface area (Å²) < 4.78 is 9.97. The van der Waals surface area contributed by atoms with Crippen LogP contribution in [0.15, 0.2) is 24.3 Å². The molecule has 0 fully saturated rings. The molecule has 0 aromatic heterocycles. The van der Waals surface area contributed by atoms with Gasteiger partial charge in [-0.3, -0.25) is 0 Å². The summed E-state index contributed by atoms with van der Waals surface area (Å²) in [6.07, 6.45) is -0.263. The van der Waals surface area contributed by atoms with E-state index in [1.165, 1.54) is 0 Å². The highest BCUT2D eigenvalue weighted by atomic mass is 35.5. The molecule has 82 valence electrons. The van der Waals surface area contributed by atoms with Crippen LogP contribution >= 0.6 is 11.6 Å². The zero-order valence-electron chi connectivity index (χ0n) is 8.70. The highest BCUT2D eigenvalue weighted by Gasteiger charge is 2.11. The van der Waals surface area contributed by atoms with Crippen LogP contribution in [0, 0.1) is 0 Å². The third-order valence-corrected chi connectivity index (χ3v) is 2.01. The number of esters is 1. The lowest BCUT2D eigenvalue weighted by Crippen LogP contribution is -2.19. The maximum Gasteiger partial charge on any atom is 0.338 e. The number of hydrogen-bond donors (Lipinski definition) is 0. The molecule has 0 saturated carbocycles. The second-order valence-corrected chi connectivity index (χ2v) is 3.62. The largest absolute Gasteiger partial charge is 0.457 e. The fraction of sp³-hybridized carbons (Fsp3) is 0.364. The van der Waals surface area contributed by atoms with Crippen LogP contribution in [-0.4, -0.2) is 25.8 Å². The van der Waals surface area contributed by atoms with E-state index >= 15 is 0 Å². The molecular formula is C11H13ClO3. The molecule has 1 rings (SSSR count). The molecule has 0 heterocycles. The number of carbonyl (C=O) groups is 1. The molecule has 0 N–H and O–H groups in total. The van der Waals surface area contributed by atoms with E-state index < -0.39 is 0 Å². The first-order chi connectivity index (χ1) is 7.13. The van der Waals surface area contributed by atoms with Crippen molar-refractivity contribution in [1.29, 1.82) is 0 Å². The predicted octanol–water partition coefficient (Wildman–Crippen LogP) is 2.53. The van der Waals surface area contributed by atoms with Crippen LogP contribution in [0.1, 0.15) is 17.3 Å². The summed E-state index contributed by atoms with van der Waals surface area (Å²) in [5.41, 5.74) is 0.449. The number of rotatable bonds is 4. The van der Waals surface area contributed by atoms with Crippen molar-refractivity contribution in [1.82, 2.24) is 0 Å². The normalized spacial score (nSPS) is 12.2. The summed E-state index contributed by atoms with van der Waals surface area (Å²) in [5.74, 6) is -0.387. The SMILES string of the molecule is COCC(C)OC(=O)c1cccc(Cl)c1. The molecule has 0 aliphatic heterocycles. The van der Waals surface area contributed by atoms with Gasteiger partial charge in [0.1, 0.15) is 6.10 Å². The number of methoxy groups -OCH3 is 1. The van der Waals surface area contributed by atoms with Crippen molar-refractivity contribution >= 4 is 17.6 Å². The number of ether oxygens (including phenoxy) is 2. The molecule has 0 radical (unpaired) electrons. The summed E-state index contributed by atoms with van der Waals surface area (Å²) in [6.45, 7) is 2.15. The molecule has 0 spiro atoms. The van der Waals surface area contributed by atoms with Crippen molar-refractivity contribution in [2.75, 3.05) is 13.7 Å². The number of carbonyl (C=O) groups excluding carboxylic acids is 1. The average Bonchev–Trinajstić information content (AvgIpc) is 2.18. The lowest BCUT2D eigenvalue weighted by atomic mass is 10.2. The smallest absolute Gasteiger partial charge is 0.338 e. The maximum absolute atomic E-state index is 11.5. The van der Waals surface area contributed by atoms with Crippen molar-refractivity contribution in [2.45, 2.75) is 13.0 Å². The summed E-state index contributed by atoms with van der Waals surface area (Å²) in [5, 5.41) is 0.517. The van der Waals surface area contributed by atoms with Crippen molar-refractivity contribution in [3.63, 3.8) is 0 Å². The van der Waals surface area contributed by atoms with Gasteiger partial charge in [-0.1, -0.05) is 17.7 Å². The first-order valence-corrected chi connectivity index (χ1v) is 4.96. The molecule has 1 atom stereocenters. The zero-order valence-corrected chi connectivity index (χ0v) is 9.45. The Balaban J connectivity index is 2.61. The van der Waals surface area contributed by atoms with Gasteiger partial charge in [0, 0.05) is 12.1 Å². The van der Waals surface area contributed by atoms with Gasteiger partial charge in [0.2, 0.25) is 0 Å². The van der Waals surface area contributed by atoms with Crippen LogP contribution < -0.4 is 0 Å². The van der Waals surface area contributed by atoms with E-state index in [1.54, 1.807) is 38.3 Å². The Morgan fingerprint density at radius 2 is 2.27 bits per heavy atom. The third kappa shape index (κ3) is 3.90. The first kappa shape index (κ1) is 12.0. The molecular weight excluding hydrogens is 216 g/mol. The highest BCUT2D eigenvalue weighted by molar-refractivity contribution is 6.30. The minimum Gasteiger partial charge on any atom is -0.457 e. The average molecular weight is 229 g/mol. The molecule has 4 heteroatoms. The lowest BCUT2D eigenvalue weighted by molar-refractivity contribution is 0.0120. The Morgan fingerprint density at radius 3 is 2.87 bits per heavy atom. The second kappa shape index (κ2) is 5.73. The lowest BCUT2D eigenvalue weighted by Gasteiger charge is -2.11. The van der Waals surface area contributed by atoms with Crippen LogP contribution in [0.3, 0.4) is 0 Å². The van der Waals surface area contributed by atoms with E-state index in [9.17, 15) is 4.79 Å². The zero-order chi connectivity index (χ0) is 11.3. The summed E-state index contributed by atoms with van der Waals surface area (Å²) >= 11 is 5.75. The summed E-state index contributed by atoms with van der Waals surface area (Å²) in [7, 11) is 1.56. The number of benzene rings is 1. The van der Waals surface area contributed by atoms with Crippen molar-refractivity contribution in [2.24, 2.45) is 0 Å². The number of halogens is 1. The van der Waals surface area contributed by atoms with Crippen LogP contribution in [0.25, 0.3) is 0 Å². The minimum absolute atomic E-state index is 0.263. The van der Waals surface area contributed by atoms with E-state index in [1.807, 2.05) is 0 Å². The van der Waals surface area contributed by atoms with Crippen LogP contribution in [-0.2, 0) is 9.47 Å². The molecule has 0 aliphatic carbocycles. The van der Waals surface area contributed by atoms with Gasteiger partial charge < -0.3 is 9.47 Å². The van der Waals surface area contributed by atoms with Gasteiger partial charge in [0.05, 0.1) is 12.2 Å². The van der Waals surface area contributed by atoms with Gasteiger partial charge >= 0.3 is 5.97 Å². The van der Waals surface area contributed by atoms with Crippen LogP contribution in [0.2, 0.25) is 5.02 Å². The molecule has 1 unspecified atom stereocenters. The van der Waals surface area contributed by atoms with Crippen molar-refractivity contribution < 1.29 is 14.3 Å². The third-order valence-electron chi connectivity index (χ3n) is 1.77. The van der Waals surface area contributed by atoms with E-state index in [2.05, 4.69) is 0 Å². The Hall–Kier alpha value is -1.06. The van der Waals surface area contributed by atoms with Crippen LogP contribution in [0.5, 0.6) is 0 Å². The van der Waals surface area contributed by atoms with Gasteiger partial charge in [-0.25, -0.2) is 4.79 Å². The van der Waals surface area contributed by atoms with Gasteiger partial charge in [0.15, 0.2) is 0 Å². The monoisotopic (exact) mass is 228 g/mol. The summed E-state index contributed by atoms with van der Waals surface area (Å²) in [4.78, 5) is 11.5. The Morgan fingerprint density at radius 1 is 1.53 bits per heavy atom. The highest BCUT2D eigenvalue weighted by Crippen LogP contribution is 2.12. The molecule has 0 bridgehead atoms. The van der Waals surface area contributed by atoms with Crippen molar-refractivity contribution in [3.05, 3.63) is 34.9 Å². The summed E-state index contributed by atoms with van der Waals surface area (Å²) in [6, 6.07) is 6.65. The van der Waals surface area contributed by atoms with Gasteiger partial charge in [-0.15, -0.1) is 0 Å². The minimum atomic E-state index is -0.387. The van der Waals surface area contributed by atoms with E-state index in [4.69, 9.17) is 21.1 Å². The Kier molecular flexibility index (Phi) is 4.59. The maximum atomic E-state index is 11.5. The van der Waals surface area contributed by atoms with Gasteiger partial charge in [-0.05, 0) is 25.1 Å². The van der Waals surface area contributed by atoms with Gasteiger partial charge in [-0.2, -0.15) is 0 Å². The van der Waals surface area contributed by atoms with Gasteiger partial charge in [0.25, 0.3) is 0 Å². The van der Waals surface area contributed by atoms with E-state index in [0.29, 0.717) is 17.2 Å². The Bertz CT molecular complexity index is 338. The van der Waals surface area contributed by atoms with E-state index in [-0.39, 0.29) is 12.1 Å². The van der Waals surface area contributed by atoms with Crippen molar-refractivity contribution in [3.8, 4) is 0 Å². The fourth-order valence-electron chi connectivity index (χ4n) is 1.13. The molecule has 0 aliphatic rings. The second-order valence-electron chi connectivity index (χ2n) is 3.18. The molecule has 3 nitrogen and oxygen atoms in total. The van der Waals surface area contributed by atoms with Crippen LogP contribution in [0.4, 0.5) is 0 Å². The molecule has 0 amide bonds. The quantitative estimate of drug-likeness (QED) is 0.743. The first-order valence-electron chi connectivity index (χ1n) is 4.59. The molecule has 1 aromatic rings. The fourth-order valence-corrected chi connectivity index (χ4v) is 1.33. The predicted molar refractivity (Wildman–Crippen MR) is 58.2 cm³/mol. The number of hydrogen-bond acceptors (Lipinski definition) is 3. The Labute approximate surface area is 93.9 Å². The topological polar surface area (TPSA) is 35.5 Å². The molecule has 0 saturated heterocycles. The molecule has 1 aromatic carbocycles. The molecule has 15 heavy (non-hydrogen) atoms. The van der Waals surface area contributed by atoms with E-state index in [0.717, 1.165) is 0 Å².